The number of alkyl carbamates (subject to hydrolysis) is 1. The summed E-state index contributed by atoms with van der Waals surface area (Å²) in [4.78, 5) is 15.5. The first-order chi connectivity index (χ1) is 10.8. The number of benzene rings is 1. The molecular formula is C16H26FIN4O2. The van der Waals surface area contributed by atoms with E-state index < -0.39 is 11.7 Å². The lowest BCUT2D eigenvalue weighted by Crippen LogP contribution is -2.42. The maximum absolute atomic E-state index is 13.1. The molecule has 0 unspecified atom stereocenters. The molecule has 0 radical (unpaired) electrons. The Hall–Kier alpha value is -1.58. The van der Waals surface area contributed by atoms with Gasteiger partial charge in [0.2, 0.25) is 0 Å². The molecule has 0 aliphatic heterocycles. The predicted molar refractivity (Wildman–Crippen MR) is 104 cm³/mol. The van der Waals surface area contributed by atoms with Gasteiger partial charge in [0.05, 0.1) is 0 Å². The van der Waals surface area contributed by atoms with Gasteiger partial charge in [-0.2, -0.15) is 0 Å². The van der Waals surface area contributed by atoms with Gasteiger partial charge in [-0.15, -0.1) is 24.0 Å². The zero-order valence-electron chi connectivity index (χ0n) is 14.5. The number of hydrogen-bond acceptors (Lipinski definition) is 3. The highest BCUT2D eigenvalue weighted by Gasteiger charge is 2.15. The third-order valence-corrected chi connectivity index (χ3v) is 2.66. The van der Waals surface area contributed by atoms with E-state index >= 15 is 0 Å². The lowest BCUT2D eigenvalue weighted by atomic mass is 10.2. The molecule has 8 heteroatoms. The van der Waals surface area contributed by atoms with Gasteiger partial charge in [0, 0.05) is 26.7 Å². The van der Waals surface area contributed by atoms with Crippen molar-refractivity contribution in [2.75, 3.05) is 20.1 Å². The number of nitrogens with zero attached hydrogens (tertiary/aromatic N) is 1. The average Bonchev–Trinajstić information content (AvgIpc) is 2.44. The Labute approximate surface area is 159 Å². The predicted octanol–water partition coefficient (Wildman–Crippen LogP) is 2.63. The fourth-order valence-corrected chi connectivity index (χ4v) is 1.71. The molecule has 0 saturated carbocycles. The third-order valence-electron chi connectivity index (χ3n) is 2.66. The zero-order chi connectivity index (χ0) is 17.3. The SMILES string of the molecule is CN=C(NCCNC(=O)OC(C)(C)C)NCc1cccc(F)c1.I. The van der Waals surface area contributed by atoms with Crippen molar-refractivity contribution in [2.45, 2.75) is 32.9 Å². The third kappa shape index (κ3) is 10.2. The summed E-state index contributed by atoms with van der Waals surface area (Å²) in [5.74, 6) is 0.300. The van der Waals surface area contributed by atoms with Crippen molar-refractivity contribution in [3.8, 4) is 0 Å². The van der Waals surface area contributed by atoms with E-state index in [9.17, 15) is 9.18 Å². The minimum absolute atomic E-state index is 0. The van der Waals surface area contributed by atoms with Crippen molar-refractivity contribution in [2.24, 2.45) is 4.99 Å². The van der Waals surface area contributed by atoms with Crippen LogP contribution >= 0.6 is 24.0 Å². The Kier molecular flexibility index (Phi) is 10.3. The lowest BCUT2D eigenvalue weighted by Gasteiger charge is -2.19. The molecule has 0 aromatic heterocycles. The van der Waals surface area contributed by atoms with E-state index in [2.05, 4.69) is 20.9 Å². The first kappa shape index (κ1) is 22.4. The van der Waals surface area contributed by atoms with E-state index in [-0.39, 0.29) is 29.8 Å². The topological polar surface area (TPSA) is 74.8 Å². The summed E-state index contributed by atoms with van der Waals surface area (Å²) >= 11 is 0. The number of nitrogens with one attached hydrogen (secondary N) is 3. The van der Waals surface area contributed by atoms with E-state index in [1.54, 1.807) is 13.1 Å². The molecule has 0 atom stereocenters. The van der Waals surface area contributed by atoms with Crippen LogP contribution in [0.25, 0.3) is 0 Å². The summed E-state index contributed by atoms with van der Waals surface area (Å²) in [6.07, 6.45) is -0.456. The van der Waals surface area contributed by atoms with Gasteiger partial charge >= 0.3 is 6.09 Å². The zero-order valence-corrected chi connectivity index (χ0v) is 16.8. The molecule has 0 bridgehead atoms. The monoisotopic (exact) mass is 452 g/mol. The number of carbonyl (C=O) groups is 1. The first-order valence-corrected chi connectivity index (χ1v) is 7.46. The number of guanidine groups is 1. The summed E-state index contributed by atoms with van der Waals surface area (Å²) in [5, 5.41) is 8.76. The molecule has 0 aliphatic carbocycles. The smallest absolute Gasteiger partial charge is 0.407 e. The van der Waals surface area contributed by atoms with Crippen molar-refractivity contribution < 1.29 is 13.9 Å². The van der Waals surface area contributed by atoms with E-state index in [1.807, 2.05) is 26.8 Å². The Bertz CT molecular complexity index is 547. The Morgan fingerprint density at radius 1 is 1.21 bits per heavy atom. The summed E-state index contributed by atoms with van der Waals surface area (Å²) in [7, 11) is 1.64. The second-order valence-electron chi connectivity index (χ2n) is 5.91. The number of carbonyl (C=O) groups excluding carboxylic acids is 1. The van der Waals surface area contributed by atoms with Gasteiger partial charge in [0.25, 0.3) is 0 Å². The molecule has 1 rings (SSSR count). The van der Waals surface area contributed by atoms with Crippen molar-refractivity contribution in [1.29, 1.82) is 0 Å². The molecule has 136 valence electrons. The van der Waals surface area contributed by atoms with Crippen LogP contribution in [0, 0.1) is 5.82 Å². The molecule has 0 heterocycles. The van der Waals surface area contributed by atoms with Crippen LogP contribution in [0.4, 0.5) is 9.18 Å². The second-order valence-corrected chi connectivity index (χ2v) is 5.91. The highest BCUT2D eigenvalue weighted by molar-refractivity contribution is 14.0. The molecule has 1 amide bonds. The normalized spacial score (nSPS) is 11.3. The van der Waals surface area contributed by atoms with E-state index in [4.69, 9.17) is 4.74 Å². The van der Waals surface area contributed by atoms with Gasteiger partial charge in [-0.3, -0.25) is 4.99 Å². The average molecular weight is 452 g/mol. The first-order valence-electron chi connectivity index (χ1n) is 7.46. The molecule has 6 nitrogen and oxygen atoms in total. The van der Waals surface area contributed by atoms with Crippen LogP contribution in [0.1, 0.15) is 26.3 Å². The summed E-state index contributed by atoms with van der Waals surface area (Å²) < 4.78 is 18.2. The van der Waals surface area contributed by atoms with Crippen molar-refractivity contribution >= 4 is 36.0 Å². The second kappa shape index (κ2) is 11.1. The number of amides is 1. The Morgan fingerprint density at radius 2 is 1.88 bits per heavy atom. The van der Waals surface area contributed by atoms with Crippen LogP contribution in [0.5, 0.6) is 0 Å². The van der Waals surface area contributed by atoms with Crippen LogP contribution in [0.3, 0.4) is 0 Å². The fraction of sp³-hybridized carbons (Fsp3) is 0.500. The van der Waals surface area contributed by atoms with Gasteiger partial charge in [0.1, 0.15) is 11.4 Å². The maximum atomic E-state index is 13.1. The van der Waals surface area contributed by atoms with Crippen LogP contribution in [0.15, 0.2) is 29.3 Å². The number of hydrogen-bond donors (Lipinski definition) is 3. The van der Waals surface area contributed by atoms with E-state index in [1.165, 1.54) is 12.1 Å². The maximum Gasteiger partial charge on any atom is 0.407 e. The Balaban J connectivity index is 0.00000529. The number of aliphatic imine (C=N–C) groups is 1. The molecule has 1 aromatic rings. The molecule has 0 saturated heterocycles. The molecule has 3 N–H and O–H groups in total. The largest absolute Gasteiger partial charge is 0.444 e. The molecule has 1 aromatic carbocycles. The minimum Gasteiger partial charge on any atom is -0.444 e. The molecular weight excluding hydrogens is 426 g/mol. The van der Waals surface area contributed by atoms with Crippen LogP contribution in [-0.4, -0.2) is 37.8 Å². The summed E-state index contributed by atoms with van der Waals surface area (Å²) in [5.41, 5.74) is 0.305. The minimum atomic E-state index is -0.514. The van der Waals surface area contributed by atoms with Crippen molar-refractivity contribution in [3.63, 3.8) is 0 Å². The van der Waals surface area contributed by atoms with Gasteiger partial charge in [-0.25, -0.2) is 9.18 Å². The summed E-state index contributed by atoms with van der Waals surface area (Å²) in [6.45, 7) is 6.77. The van der Waals surface area contributed by atoms with E-state index in [0.29, 0.717) is 25.6 Å². The number of halogens is 2. The van der Waals surface area contributed by atoms with Gasteiger partial charge in [0.15, 0.2) is 5.96 Å². The van der Waals surface area contributed by atoms with E-state index in [0.717, 1.165) is 5.56 Å². The van der Waals surface area contributed by atoms with Crippen LogP contribution in [0.2, 0.25) is 0 Å². The van der Waals surface area contributed by atoms with Crippen LogP contribution in [-0.2, 0) is 11.3 Å². The molecule has 0 fully saturated rings. The van der Waals surface area contributed by atoms with Crippen molar-refractivity contribution in [3.05, 3.63) is 35.6 Å². The standard InChI is InChI=1S/C16H25FN4O2.HI/c1-16(2,3)23-15(22)20-9-8-19-14(18-4)21-11-12-6-5-7-13(17)10-12;/h5-7,10H,8-9,11H2,1-4H3,(H,20,22)(H2,18,19,21);1H. The van der Waals surface area contributed by atoms with Crippen LogP contribution < -0.4 is 16.0 Å². The van der Waals surface area contributed by atoms with Crippen molar-refractivity contribution in [1.82, 2.24) is 16.0 Å². The number of ether oxygens (including phenoxy) is 1. The Morgan fingerprint density at radius 3 is 2.46 bits per heavy atom. The van der Waals surface area contributed by atoms with Gasteiger partial charge in [-0.05, 0) is 38.5 Å². The highest BCUT2D eigenvalue weighted by atomic mass is 127. The lowest BCUT2D eigenvalue weighted by molar-refractivity contribution is 0.0529. The molecule has 0 aliphatic rings. The van der Waals surface area contributed by atoms with Gasteiger partial charge in [-0.1, -0.05) is 12.1 Å². The molecule has 0 spiro atoms. The molecule has 24 heavy (non-hydrogen) atoms. The quantitative estimate of drug-likeness (QED) is 0.278. The van der Waals surface area contributed by atoms with Gasteiger partial charge < -0.3 is 20.7 Å². The fourth-order valence-electron chi connectivity index (χ4n) is 1.71. The highest BCUT2D eigenvalue weighted by Crippen LogP contribution is 2.06. The summed E-state index contributed by atoms with van der Waals surface area (Å²) in [6, 6.07) is 6.35. The number of rotatable bonds is 5.